The highest BCUT2D eigenvalue weighted by molar-refractivity contribution is 9.10. The van der Waals surface area contributed by atoms with Crippen LogP contribution >= 0.6 is 15.9 Å². The van der Waals surface area contributed by atoms with E-state index < -0.39 is 0 Å². The topological polar surface area (TPSA) is 64.7 Å². The molecule has 1 aliphatic carbocycles. The lowest BCUT2D eigenvalue weighted by Gasteiger charge is -2.35. The largest absolute Gasteiger partial charge is 0.353 e. The van der Waals surface area contributed by atoms with E-state index in [0.717, 1.165) is 68.3 Å². The van der Waals surface area contributed by atoms with Crippen LogP contribution in [0.5, 0.6) is 0 Å². The Morgan fingerprint density at radius 2 is 1.69 bits per heavy atom. The highest BCUT2D eigenvalue weighted by atomic mass is 79.9. The van der Waals surface area contributed by atoms with E-state index in [4.69, 9.17) is 0 Å². The monoisotopic (exact) mass is 540 g/mol. The van der Waals surface area contributed by atoms with Crippen LogP contribution in [0.1, 0.15) is 56.9 Å². The summed E-state index contributed by atoms with van der Waals surface area (Å²) in [5, 5.41) is 6.26. The SMILES string of the molecule is O=C(CCN(C(=O)Nc1cccc(Br)c1)C1CCCCC1)NC1CCN(Cc2ccccc2)CC1. The summed E-state index contributed by atoms with van der Waals surface area (Å²) in [7, 11) is 0. The van der Waals surface area contributed by atoms with Crippen LogP contribution in [0, 0.1) is 0 Å². The third-order valence-electron chi connectivity index (χ3n) is 7.13. The molecule has 0 bridgehead atoms. The van der Waals surface area contributed by atoms with Gasteiger partial charge in [-0.05, 0) is 49.4 Å². The van der Waals surface area contributed by atoms with Crippen molar-refractivity contribution >= 4 is 33.6 Å². The van der Waals surface area contributed by atoms with E-state index in [1.165, 1.54) is 12.0 Å². The fraction of sp³-hybridized carbons (Fsp3) is 0.500. The molecule has 1 saturated carbocycles. The Hall–Kier alpha value is -2.38. The van der Waals surface area contributed by atoms with Gasteiger partial charge in [-0.1, -0.05) is 71.6 Å². The molecule has 0 radical (unpaired) electrons. The van der Waals surface area contributed by atoms with Gasteiger partial charge in [0.2, 0.25) is 5.91 Å². The van der Waals surface area contributed by atoms with Crippen LogP contribution in [-0.4, -0.2) is 53.5 Å². The molecule has 4 rings (SSSR count). The van der Waals surface area contributed by atoms with Gasteiger partial charge in [0.1, 0.15) is 0 Å². The molecule has 2 N–H and O–H groups in total. The number of urea groups is 1. The molecule has 0 atom stereocenters. The molecule has 0 aromatic heterocycles. The van der Waals surface area contributed by atoms with Gasteiger partial charge in [-0.15, -0.1) is 0 Å². The average molecular weight is 542 g/mol. The summed E-state index contributed by atoms with van der Waals surface area (Å²) in [6.45, 7) is 3.39. The zero-order valence-electron chi connectivity index (χ0n) is 20.4. The molecule has 6 nitrogen and oxygen atoms in total. The van der Waals surface area contributed by atoms with Gasteiger partial charge in [-0.25, -0.2) is 4.79 Å². The summed E-state index contributed by atoms with van der Waals surface area (Å²) in [6.07, 6.45) is 7.79. The normalized spacial score (nSPS) is 17.6. The molecule has 7 heteroatoms. The average Bonchev–Trinajstić information content (AvgIpc) is 2.87. The maximum atomic E-state index is 13.2. The van der Waals surface area contributed by atoms with Crippen molar-refractivity contribution in [3.8, 4) is 0 Å². The van der Waals surface area contributed by atoms with Crippen LogP contribution in [0.2, 0.25) is 0 Å². The first-order chi connectivity index (χ1) is 17.1. The van der Waals surface area contributed by atoms with E-state index in [2.05, 4.69) is 55.7 Å². The number of amides is 3. The first-order valence-corrected chi connectivity index (χ1v) is 13.7. The van der Waals surface area contributed by atoms with E-state index in [-0.39, 0.29) is 24.0 Å². The third kappa shape index (κ3) is 8.07. The minimum absolute atomic E-state index is 0.0441. The summed E-state index contributed by atoms with van der Waals surface area (Å²) >= 11 is 3.46. The van der Waals surface area contributed by atoms with Gasteiger partial charge in [0.15, 0.2) is 0 Å². The van der Waals surface area contributed by atoms with Crippen LogP contribution in [0.25, 0.3) is 0 Å². The second-order valence-electron chi connectivity index (χ2n) is 9.78. The lowest BCUT2D eigenvalue weighted by Crippen LogP contribution is -2.47. The molecule has 1 aliphatic heterocycles. The standard InChI is InChI=1S/C28H37BrN4O2/c29-23-10-7-11-25(20-23)31-28(35)33(26-12-5-2-6-13-26)19-16-27(34)30-24-14-17-32(18-15-24)21-22-8-3-1-4-9-22/h1,3-4,7-11,20,24,26H,2,5-6,12-19,21H2,(H,30,34)(H,31,35). The highest BCUT2D eigenvalue weighted by Gasteiger charge is 2.27. The van der Waals surface area contributed by atoms with Crippen LogP contribution in [0.3, 0.4) is 0 Å². The molecule has 0 spiro atoms. The molecule has 1 saturated heterocycles. The van der Waals surface area contributed by atoms with E-state index in [1.54, 1.807) is 0 Å². The second-order valence-corrected chi connectivity index (χ2v) is 10.7. The van der Waals surface area contributed by atoms with Gasteiger partial charge >= 0.3 is 6.03 Å². The lowest BCUT2D eigenvalue weighted by atomic mass is 9.94. The van der Waals surface area contributed by atoms with Gasteiger partial charge in [0.25, 0.3) is 0 Å². The second kappa shape index (κ2) is 13.1. The highest BCUT2D eigenvalue weighted by Crippen LogP contribution is 2.24. The summed E-state index contributed by atoms with van der Waals surface area (Å²) in [5.74, 6) is 0.0441. The smallest absolute Gasteiger partial charge is 0.322 e. The van der Waals surface area contributed by atoms with E-state index >= 15 is 0 Å². The van der Waals surface area contributed by atoms with Crippen molar-refractivity contribution in [1.82, 2.24) is 15.1 Å². The number of hydrogen-bond acceptors (Lipinski definition) is 3. The molecule has 0 unspecified atom stereocenters. The van der Waals surface area contributed by atoms with Gasteiger partial charge in [0, 0.05) is 54.8 Å². The predicted molar refractivity (Wildman–Crippen MR) is 144 cm³/mol. The van der Waals surface area contributed by atoms with Gasteiger partial charge in [-0.3, -0.25) is 9.69 Å². The fourth-order valence-electron chi connectivity index (χ4n) is 5.20. The number of carbonyl (C=O) groups excluding carboxylic acids is 2. The van der Waals surface area contributed by atoms with Gasteiger partial charge < -0.3 is 15.5 Å². The minimum Gasteiger partial charge on any atom is -0.353 e. The quantitative estimate of drug-likeness (QED) is 0.445. The maximum Gasteiger partial charge on any atom is 0.322 e. The number of nitrogens with zero attached hydrogens (tertiary/aromatic N) is 2. The molecule has 2 aliphatic rings. The van der Waals surface area contributed by atoms with Crippen LogP contribution < -0.4 is 10.6 Å². The van der Waals surface area contributed by atoms with E-state index in [0.29, 0.717) is 13.0 Å². The predicted octanol–water partition coefficient (Wildman–Crippen LogP) is 5.79. The zero-order chi connectivity index (χ0) is 24.5. The molecule has 2 fully saturated rings. The van der Waals surface area contributed by atoms with E-state index in [9.17, 15) is 9.59 Å². The Morgan fingerprint density at radius 1 is 0.943 bits per heavy atom. The van der Waals surface area contributed by atoms with Crippen molar-refractivity contribution in [2.75, 3.05) is 25.0 Å². The zero-order valence-corrected chi connectivity index (χ0v) is 22.0. The molecule has 188 valence electrons. The molecule has 3 amide bonds. The molecule has 1 heterocycles. The summed E-state index contributed by atoms with van der Waals surface area (Å²) < 4.78 is 0.925. The third-order valence-corrected chi connectivity index (χ3v) is 7.63. The number of hydrogen-bond donors (Lipinski definition) is 2. The van der Waals surface area contributed by atoms with Crippen molar-refractivity contribution in [1.29, 1.82) is 0 Å². The summed E-state index contributed by atoms with van der Waals surface area (Å²) in [5.41, 5.74) is 2.09. The van der Waals surface area contributed by atoms with Crippen LogP contribution in [0.4, 0.5) is 10.5 Å². The number of piperidine rings is 1. The number of carbonyl (C=O) groups is 2. The number of rotatable bonds is 8. The Bertz CT molecular complexity index is 956. The molecule has 2 aromatic rings. The lowest BCUT2D eigenvalue weighted by molar-refractivity contribution is -0.122. The molecule has 35 heavy (non-hydrogen) atoms. The van der Waals surface area contributed by atoms with Crippen LogP contribution in [-0.2, 0) is 11.3 Å². The minimum atomic E-state index is -0.114. The number of benzene rings is 2. The Kier molecular flexibility index (Phi) is 9.60. The number of anilines is 1. The van der Waals surface area contributed by atoms with Crippen molar-refractivity contribution in [2.45, 2.75) is 70.0 Å². The van der Waals surface area contributed by atoms with E-state index in [1.807, 2.05) is 35.2 Å². The maximum absolute atomic E-state index is 13.2. The van der Waals surface area contributed by atoms with Crippen molar-refractivity contribution in [3.05, 3.63) is 64.6 Å². The van der Waals surface area contributed by atoms with Crippen molar-refractivity contribution in [3.63, 3.8) is 0 Å². The Labute approximate surface area is 217 Å². The van der Waals surface area contributed by atoms with Crippen molar-refractivity contribution in [2.24, 2.45) is 0 Å². The number of likely N-dealkylation sites (tertiary alicyclic amines) is 1. The number of nitrogens with one attached hydrogen (secondary N) is 2. The molecular formula is C28H37BrN4O2. The van der Waals surface area contributed by atoms with Gasteiger partial charge in [0.05, 0.1) is 0 Å². The molecular weight excluding hydrogens is 504 g/mol. The van der Waals surface area contributed by atoms with Gasteiger partial charge in [-0.2, -0.15) is 0 Å². The Morgan fingerprint density at radius 3 is 2.40 bits per heavy atom. The summed E-state index contributed by atoms with van der Waals surface area (Å²) in [4.78, 5) is 30.3. The number of halogens is 1. The first-order valence-electron chi connectivity index (χ1n) is 13.0. The fourth-order valence-corrected chi connectivity index (χ4v) is 5.60. The summed E-state index contributed by atoms with van der Waals surface area (Å²) in [6, 6.07) is 18.5. The first kappa shape index (κ1) is 25.7. The van der Waals surface area contributed by atoms with Crippen molar-refractivity contribution < 1.29 is 9.59 Å². The Balaban J connectivity index is 1.25. The van der Waals surface area contributed by atoms with Crippen LogP contribution in [0.15, 0.2) is 59.1 Å². The molecule has 2 aromatic carbocycles.